The van der Waals surface area contributed by atoms with Gasteiger partial charge >= 0.3 is 0 Å². The van der Waals surface area contributed by atoms with Crippen molar-refractivity contribution in [1.29, 1.82) is 0 Å². The van der Waals surface area contributed by atoms with E-state index in [2.05, 4.69) is 15.8 Å². The zero-order valence-corrected chi connectivity index (χ0v) is 15.2. The Morgan fingerprint density at radius 1 is 1.12 bits per heavy atom. The van der Waals surface area contributed by atoms with Crippen LogP contribution in [0.4, 0.5) is 5.69 Å². The lowest BCUT2D eigenvalue weighted by atomic mass is 9.93. The smallest absolute Gasteiger partial charge is 0.287 e. The molecule has 0 saturated heterocycles. The van der Waals surface area contributed by atoms with Crippen LogP contribution in [0, 0.1) is 6.92 Å². The second-order valence-electron chi connectivity index (χ2n) is 7.20. The molecule has 0 radical (unpaired) electrons. The average molecular weight is 351 g/mol. The lowest BCUT2D eigenvalue weighted by molar-refractivity contribution is 0.0907. The third-order valence-corrected chi connectivity index (χ3v) is 5.32. The summed E-state index contributed by atoms with van der Waals surface area (Å²) in [4.78, 5) is 12.7. The number of nitrogens with one attached hydrogen (secondary N) is 2. The Bertz CT molecular complexity index is 817. The van der Waals surface area contributed by atoms with Gasteiger partial charge in [-0.3, -0.25) is 10.2 Å². The van der Waals surface area contributed by atoms with Gasteiger partial charge in [-0.15, -0.1) is 0 Å². The number of amides is 1. The molecule has 1 saturated carbocycles. The highest BCUT2D eigenvalue weighted by Gasteiger charge is 2.29. The number of furan rings is 1. The van der Waals surface area contributed by atoms with Gasteiger partial charge < -0.3 is 9.73 Å². The number of aryl methyl sites for hydroxylation is 1. The summed E-state index contributed by atoms with van der Waals surface area (Å²) in [6.07, 6.45) is 7.26. The van der Waals surface area contributed by atoms with E-state index in [0.29, 0.717) is 5.76 Å². The summed E-state index contributed by atoms with van der Waals surface area (Å²) in [5.41, 5.74) is 6.96. The molecule has 5 nitrogen and oxygen atoms in total. The van der Waals surface area contributed by atoms with Gasteiger partial charge in [0.2, 0.25) is 0 Å². The van der Waals surface area contributed by atoms with Crippen LogP contribution in [0.2, 0.25) is 0 Å². The molecule has 0 atom stereocenters. The summed E-state index contributed by atoms with van der Waals surface area (Å²) in [5.74, 6) is 1.26. The van der Waals surface area contributed by atoms with Crippen molar-refractivity contribution >= 4 is 17.3 Å². The summed E-state index contributed by atoms with van der Waals surface area (Å²) in [5, 5.41) is 7.74. The molecule has 2 aromatic rings. The molecular formula is C21H25N3O2. The van der Waals surface area contributed by atoms with E-state index in [4.69, 9.17) is 4.42 Å². The van der Waals surface area contributed by atoms with Gasteiger partial charge in [0.1, 0.15) is 5.76 Å². The Hall–Kier alpha value is -2.56. The second kappa shape index (κ2) is 7.36. The van der Waals surface area contributed by atoms with E-state index in [9.17, 15) is 4.79 Å². The number of fused-ring (bicyclic) bond motifs is 1. The number of rotatable bonds is 4. The quantitative estimate of drug-likeness (QED) is 0.802. The number of carbonyl (C=O) groups is 1. The highest BCUT2D eigenvalue weighted by molar-refractivity contribution is 6.06. The number of hydrazone groups is 1. The second-order valence-corrected chi connectivity index (χ2v) is 7.20. The van der Waals surface area contributed by atoms with Crippen LogP contribution in [0.15, 0.2) is 39.9 Å². The van der Waals surface area contributed by atoms with Crippen LogP contribution in [-0.4, -0.2) is 17.7 Å². The molecule has 5 heteroatoms. The van der Waals surface area contributed by atoms with Crippen molar-refractivity contribution in [2.24, 2.45) is 5.10 Å². The number of hydrogen-bond acceptors (Lipinski definition) is 4. The van der Waals surface area contributed by atoms with E-state index in [1.807, 2.05) is 37.3 Å². The minimum atomic E-state index is -0.0841. The normalized spacial score (nSPS) is 18.7. The van der Waals surface area contributed by atoms with Crippen molar-refractivity contribution in [2.75, 3.05) is 5.43 Å². The molecule has 2 N–H and O–H groups in total. The molecule has 0 bridgehead atoms. The number of carbonyl (C=O) groups excluding carboxylic acids is 1. The molecular weight excluding hydrogens is 326 g/mol. The first-order valence-corrected chi connectivity index (χ1v) is 9.53. The minimum absolute atomic E-state index is 0.0841. The number of nitrogens with zero attached hydrogens (tertiary/aromatic N) is 1. The molecule has 1 aromatic carbocycles. The van der Waals surface area contributed by atoms with Gasteiger partial charge in [0.05, 0.1) is 11.4 Å². The van der Waals surface area contributed by atoms with Gasteiger partial charge in [0, 0.05) is 23.6 Å². The van der Waals surface area contributed by atoms with Gasteiger partial charge in [-0.2, -0.15) is 5.10 Å². The highest BCUT2D eigenvalue weighted by atomic mass is 16.4. The molecule has 136 valence electrons. The average Bonchev–Trinajstić information content (AvgIpc) is 3.29. The van der Waals surface area contributed by atoms with Crippen LogP contribution in [0.3, 0.4) is 0 Å². The van der Waals surface area contributed by atoms with Crippen molar-refractivity contribution in [3.63, 3.8) is 0 Å². The van der Waals surface area contributed by atoms with Crippen LogP contribution in [0.1, 0.15) is 66.0 Å². The SMILES string of the molecule is Cc1c(C(=O)NC2CCCC2)oc2c1/C(=N/Nc1ccccc1)CCC2. The van der Waals surface area contributed by atoms with Crippen LogP contribution in [-0.2, 0) is 6.42 Å². The predicted molar refractivity (Wildman–Crippen MR) is 103 cm³/mol. The Morgan fingerprint density at radius 2 is 1.88 bits per heavy atom. The summed E-state index contributed by atoms with van der Waals surface area (Å²) in [7, 11) is 0. The number of benzene rings is 1. The molecule has 0 unspecified atom stereocenters. The summed E-state index contributed by atoms with van der Waals surface area (Å²) >= 11 is 0. The zero-order valence-electron chi connectivity index (χ0n) is 15.2. The molecule has 1 fully saturated rings. The predicted octanol–water partition coefficient (Wildman–Crippen LogP) is 4.41. The molecule has 0 aliphatic heterocycles. The standard InChI is InChI=1S/C21H25N3O2/c1-14-19-17(24-23-16-10-3-2-4-11-16)12-7-13-18(19)26-20(14)21(25)22-15-8-5-6-9-15/h2-4,10-11,15,23H,5-9,12-13H2,1H3,(H,22,25)/b24-17+. The Kier molecular flexibility index (Phi) is 4.78. The van der Waals surface area contributed by atoms with Crippen molar-refractivity contribution in [3.05, 3.63) is 53.0 Å². The van der Waals surface area contributed by atoms with Crippen LogP contribution < -0.4 is 10.7 Å². The van der Waals surface area contributed by atoms with Crippen LogP contribution in [0.5, 0.6) is 0 Å². The first-order valence-electron chi connectivity index (χ1n) is 9.53. The lowest BCUT2D eigenvalue weighted by Gasteiger charge is -2.13. The lowest BCUT2D eigenvalue weighted by Crippen LogP contribution is -2.32. The zero-order chi connectivity index (χ0) is 17.9. The summed E-state index contributed by atoms with van der Waals surface area (Å²) in [6, 6.07) is 10.2. The maximum Gasteiger partial charge on any atom is 0.287 e. The summed E-state index contributed by atoms with van der Waals surface area (Å²) < 4.78 is 5.97. The van der Waals surface area contributed by atoms with E-state index >= 15 is 0 Å². The van der Waals surface area contributed by atoms with E-state index in [0.717, 1.165) is 60.4 Å². The van der Waals surface area contributed by atoms with Crippen molar-refractivity contribution in [2.45, 2.75) is 57.9 Å². The van der Waals surface area contributed by atoms with Gasteiger partial charge in [-0.05, 0) is 44.7 Å². The Labute approximate surface area is 153 Å². The fourth-order valence-electron chi connectivity index (χ4n) is 3.96. The molecule has 0 spiro atoms. The minimum Gasteiger partial charge on any atom is -0.455 e. The molecule has 26 heavy (non-hydrogen) atoms. The topological polar surface area (TPSA) is 66.6 Å². The maximum atomic E-state index is 12.7. The van der Waals surface area contributed by atoms with Gasteiger partial charge in [0.25, 0.3) is 5.91 Å². The fraction of sp³-hybridized carbons (Fsp3) is 0.429. The monoisotopic (exact) mass is 351 g/mol. The van der Waals surface area contributed by atoms with E-state index < -0.39 is 0 Å². The molecule has 1 amide bonds. The van der Waals surface area contributed by atoms with Crippen molar-refractivity contribution < 1.29 is 9.21 Å². The van der Waals surface area contributed by atoms with Gasteiger partial charge in [-0.1, -0.05) is 31.0 Å². The first kappa shape index (κ1) is 16.9. The van der Waals surface area contributed by atoms with Crippen molar-refractivity contribution in [1.82, 2.24) is 5.32 Å². The van der Waals surface area contributed by atoms with Gasteiger partial charge in [0.15, 0.2) is 5.76 Å². The number of para-hydroxylation sites is 1. The number of anilines is 1. The fourth-order valence-corrected chi connectivity index (χ4v) is 3.96. The third kappa shape index (κ3) is 3.39. The summed E-state index contributed by atoms with van der Waals surface area (Å²) in [6.45, 7) is 1.97. The van der Waals surface area contributed by atoms with E-state index in [1.54, 1.807) is 0 Å². The van der Waals surface area contributed by atoms with Crippen LogP contribution in [0.25, 0.3) is 0 Å². The third-order valence-electron chi connectivity index (χ3n) is 5.32. The van der Waals surface area contributed by atoms with Crippen LogP contribution >= 0.6 is 0 Å². The molecule has 4 rings (SSSR count). The molecule has 1 heterocycles. The van der Waals surface area contributed by atoms with Gasteiger partial charge in [-0.25, -0.2) is 0 Å². The van der Waals surface area contributed by atoms with Crippen molar-refractivity contribution in [3.8, 4) is 0 Å². The van der Waals surface area contributed by atoms with E-state index in [-0.39, 0.29) is 11.9 Å². The maximum absolute atomic E-state index is 12.7. The number of hydrogen-bond donors (Lipinski definition) is 2. The Balaban J connectivity index is 1.57. The Morgan fingerprint density at radius 3 is 2.65 bits per heavy atom. The van der Waals surface area contributed by atoms with E-state index in [1.165, 1.54) is 12.8 Å². The highest BCUT2D eigenvalue weighted by Crippen LogP contribution is 2.30. The first-order chi connectivity index (χ1) is 12.7. The molecule has 2 aliphatic rings. The molecule has 1 aromatic heterocycles. The largest absolute Gasteiger partial charge is 0.455 e. The molecule has 2 aliphatic carbocycles.